The number of nitrogen functional groups attached to an aromatic ring is 1. The fraction of sp³-hybridized carbons (Fsp3) is 0.222. The van der Waals surface area contributed by atoms with Gasteiger partial charge >= 0.3 is 0 Å². The van der Waals surface area contributed by atoms with E-state index in [1.807, 2.05) is 18.2 Å². The number of anilines is 1. The van der Waals surface area contributed by atoms with Crippen molar-refractivity contribution in [3.8, 4) is 40.8 Å². The lowest BCUT2D eigenvalue weighted by molar-refractivity contribution is 0.291. The van der Waals surface area contributed by atoms with Crippen LogP contribution in [0, 0.1) is 34.0 Å². The third-order valence-corrected chi connectivity index (χ3v) is 3.61. The van der Waals surface area contributed by atoms with Gasteiger partial charge in [-0.1, -0.05) is 6.07 Å². The van der Waals surface area contributed by atoms with Crippen molar-refractivity contribution in [1.82, 2.24) is 4.98 Å². The fourth-order valence-electron chi connectivity index (χ4n) is 2.41. The van der Waals surface area contributed by atoms with Gasteiger partial charge in [-0.25, -0.2) is 0 Å². The number of aromatic nitrogens is 1. The number of aromatic amines is 1. The van der Waals surface area contributed by atoms with E-state index in [2.05, 4.69) is 4.98 Å². The van der Waals surface area contributed by atoms with Crippen molar-refractivity contribution >= 4 is 5.82 Å². The minimum absolute atomic E-state index is 0.00162. The van der Waals surface area contributed by atoms with Crippen molar-refractivity contribution in [3.05, 3.63) is 39.7 Å². The van der Waals surface area contributed by atoms with Gasteiger partial charge in [0.25, 0.3) is 5.56 Å². The summed E-state index contributed by atoms with van der Waals surface area (Å²) in [6.45, 7) is 0.293. The van der Waals surface area contributed by atoms with Crippen molar-refractivity contribution in [2.75, 3.05) is 19.5 Å². The molecule has 0 spiro atoms. The second kappa shape index (κ2) is 8.23. The Morgan fingerprint density at radius 1 is 1.15 bits per heavy atom. The van der Waals surface area contributed by atoms with Gasteiger partial charge in [0.15, 0.2) is 11.5 Å². The molecule has 2 aromatic rings. The number of rotatable bonds is 6. The van der Waals surface area contributed by atoms with Crippen molar-refractivity contribution < 1.29 is 9.47 Å². The Hall–Kier alpha value is -3.96. The van der Waals surface area contributed by atoms with Crippen LogP contribution in [0.5, 0.6) is 11.5 Å². The van der Waals surface area contributed by atoms with Crippen LogP contribution < -0.4 is 20.8 Å². The lowest BCUT2D eigenvalue weighted by atomic mass is 9.96. The van der Waals surface area contributed by atoms with Crippen LogP contribution in [0.15, 0.2) is 23.0 Å². The van der Waals surface area contributed by atoms with Crippen LogP contribution in [-0.4, -0.2) is 18.7 Å². The molecule has 2 rings (SSSR count). The van der Waals surface area contributed by atoms with E-state index < -0.39 is 5.56 Å². The predicted molar refractivity (Wildman–Crippen MR) is 93.2 cm³/mol. The molecule has 1 heterocycles. The number of nitriles is 3. The average Bonchev–Trinajstić information content (AvgIpc) is 2.64. The van der Waals surface area contributed by atoms with E-state index in [0.29, 0.717) is 36.5 Å². The Bertz CT molecular complexity index is 1010. The Morgan fingerprint density at radius 3 is 2.50 bits per heavy atom. The number of pyridine rings is 1. The number of unbranched alkanes of at least 4 members (excludes halogenated alkanes) is 1. The molecule has 0 saturated heterocycles. The van der Waals surface area contributed by atoms with Crippen LogP contribution in [0.4, 0.5) is 5.82 Å². The molecule has 26 heavy (non-hydrogen) atoms. The molecule has 0 saturated carbocycles. The molecule has 8 nitrogen and oxygen atoms in total. The van der Waals surface area contributed by atoms with Gasteiger partial charge in [-0.05, 0) is 24.1 Å². The highest BCUT2D eigenvalue weighted by atomic mass is 16.5. The Balaban J connectivity index is 2.60. The van der Waals surface area contributed by atoms with Crippen LogP contribution in [-0.2, 0) is 0 Å². The molecule has 0 amide bonds. The van der Waals surface area contributed by atoms with Gasteiger partial charge in [-0.2, -0.15) is 15.8 Å². The lowest BCUT2D eigenvalue weighted by Gasteiger charge is -2.14. The number of nitrogens with zero attached hydrogens (tertiary/aromatic N) is 3. The zero-order valence-electron chi connectivity index (χ0n) is 14.0. The molecule has 0 unspecified atom stereocenters. The number of hydrogen-bond donors (Lipinski definition) is 2. The molecule has 3 N–H and O–H groups in total. The number of nitrogens with one attached hydrogen (secondary N) is 1. The highest BCUT2D eigenvalue weighted by Gasteiger charge is 2.19. The summed E-state index contributed by atoms with van der Waals surface area (Å²) < 4.78 is 10.9. The fourth-order valence-corrected chi connectivity index (χ4v) is 2.41. The largest absolute Gasteiger partial charge is 0.493 e. The monoisotopic (exact) mass is 349 g/mol. The summed E-state index contributed by atoms with van der Waals surface area (Å²) in [6.07, 6.45) is 0.887. The van der Waals surface area contributed by atoms with Crippen LogP contribution in [0.3, 0.4) is 0 Å². The molecule has 130 valence electrons. The van der Waals surface area contributed by atoms with Crippen LogP contribution >= 0.6 is 0 Å². The maximum absolute atomic E-state index is 12.0. The molecule has 0 atom stereocenters. The normalized spacial score (nSPS) is 9.62. The highest BCUT2D eigenvalue weighted by molar-refractivity contribution is 5.81. The lowest BCUT2D eigenvalue weighted by Crippen LogP contribution is -2.16. The predicted octanol–water partition coefficient (Wildman–Crippen LogP) is 2.06. The van der Waals surface area contributed by atoms with Gasteiger partial charge in [-0.15, -0.1) is 0 Å². The Labute approximate surface area is 149 Å². The number of benzene rings is 1. The second-order valence-corrected chi connectivity index (χ2v) is 5.19. The number of ether oxygens (including phenoxy) is 2. The van der Waals surface area contributed by atoms with E-state index in [-0.39, 0.29) is 22.5 Å². The van der Waals surface area contributed by atoms with Crippen LogP contribution in [0.2, 0.25) is 0 Å². The third-order valence-electron chi connectivity index (χ3n) is 3.61. The van der Waals surface area contributed by atoms with E-state index in [1.165, 1.54) is 7.11 Å². The summed E-state index contributed by atoms with van der Waals surface area (Å²) in [5, 5.41) is 27.3. The number of methoxy groups -OCH3 is 1. The molecular formula is C18H15N5O3. The van der Waals surface area contributed by atoms with Crippen molar-refractivity contribution in [1.29, 1.82) is 15.8 Å². The maximum Gasteiger partial charge on any atom is 0.268 e. The molecule has 8 heteroatoms. The second-order valence-electron chi connectivity index (χ2n) is 5.19. The summed E-state index contributed by atoms with van der Waals surface area (Å²) in [7, 11) is 1.48. The first kappa shape index (κ1) is 18.4. The molecule has 0 bridgehead atoms. The molecule has 0 aliphatic rings. The quantitative estimate of drug-likeness (QED) is 0.758. The molecule has 1 aromatic carbocycles. The SMILES string of the molecule is COc1ccc(-c2c(C#N)c(N)[nH]c(=O)c2C#N)cc1OCCCC#N. The van der Waals surface area contributed by atoms with Gasteiger partial charge < -0.3 is 20.2 Å². The van der Waals surface area contributed by atoms with E-state index in [4.69, 9.17) is 20.5 Å². The summed E-state index contributed by atoms with van der Waals surface area (Å²) >= 11 is 0. The topological polar surface area (TPSA) is 149 Å². The zero-order valence-corrected chi connectivity index (χ0v) is 14.0. The molecule has 0 aliphatic heterocycles. The first-order valence-electron chi connectivity index (χ1n) is 7.61. The van der Waals surface area contributed by atoms with E-state index in [1.54, 1.807) is 18.2 Å². The maximum atomic E-state index is 12.0. The van der Waals surface area contributed by atoms with Crippen LogP contribution in [0.1, 0.15) is 24.0 Å². The van der Waals surface area contributed by atoms with Crippen molar-refractivity contribution in [3.63, 3.8) is 0 Å². The standard InChI is InChI=1S/C18H15N5O3/c1-25-14-5-4-11(8-15(14)26-7-3-2-6-19)16-12(9-20)17(22)23-18(24)13(16)10-21/h4-5,8H,2-3,7H2,1H3,(H3,22,23,24). The summed E-state index contributed by atoms with van der Waals surface area (Å²) in [6, 6.07) is 10.5. The van der Waals surface area contributed by atoms with Crippen LogP contribution in [0.25, 0.3) is 11.1 Å². The minimum atomic E-state index is -0.675. The van der Waals surface area contributed by atoms with Gasteiger partial charge in [0, 0.05) is 12.0 Å². The molecule has 1 aromatic heterocycles. The average molecular weight is 349 g/mol. The molecule has 0 aliphatic carbocycles. The minimum Gasteiger partial charge on any atom is -0.493 e. The van der Waals surface area contributed by atoms with Gasteiger partial charge in [0.05, 0.1) is 19.8 Å². The summed E-state index contributed by atoms with van der Waals surface area (Å²) in [4.78, 5) is 14.3. The first-order chi connectivity index (χ1) is 12.6. The van der Waals surface area contributed by atoms with E-state index >= 15 is 0 Å². The van der Waals surface area contributed by atoms with Crippen molar-refractivity contribution in [2.24, 2.45) is 0 Å². The first-order valence-corrected chi connectivity index (χ1v) is 7.61. The number of nitrogens with two attached hydrogens (primary N) is 1. The van der Waals surface area contributed by atoms with E-state index in [9.17, 15) is 15.3 Å². The Kier molecular flexibility index (Phi) is 5.82. The number of hydrogen-bond acceptors (Lipinski definition) is 7. The third kappa shape index (κ3) is 3.58. The number of H-pyrrole nitrogens is 1. The smallest absolute Gasteiger partial charge is 0.268 e. The van der Waals surface area contributed by atoms with E-state index in [0.717, 1.165) is 0 Å². The molecule has 0 radical (unpaired) electrons. The van der Waals surface area contributed by atoms with Gasteiger partial charge in [0.2, 0.25) is 0 Å². The van der Waals surface area contributed by atoms with Crippen molar-refractivity contribution in [2.45, 2.75) is 12.8 Å². The molecular weight excluding hydrogens is 334 g/mol. The summed E-state index contributed by atoms with van der Waals surface area (Å²) in [5.41, 5.74) is 5.41. The highest BCUT2D eigenvalue weighted by Crippen LogP contribution is 2.35. The van der Waals surface area contributed by atoms with Gasteiger partial charge in [0.1, 0.15) is 29.1 Å². The zero-order chi connectivity index (χ0) is 19.1. The van der Waals surface area contributed by atoms with Gasteiger partial charge in [-0.3, -0.25) is 4.79 Å². The summed E-state index contributed by atoms with van der Waals surface area (Å²) in [5.74, 6) is 0.703. The molecule has 0 fully saturated rings. The Morgan fingerprint density at radius 2 is 1.88 bits per heavy atom.